The Kier molecular flexibility index (Phi) is 5.20. The van der Waals surface area contributed by atoms with E-state index in [1.165, 1.54) is 12.8 Å². The molecule has 1 aliphatic carbocycles. The van der Waals surface area contributed by atoms with Gasteiger partial charge in [0.25, 0.3) is 0 Å². The normalized spacial score (nSPS) is 19.4. The first kappa shape index (κ1) is 13.4. The van der Waals surface area contributed by atoms with Crippen LogP contribution >= 0.6 is 0 Å². The molecule has 0 amide bonds. The molecule has 0 aromatic carbocycles. The second-order valence-corrected chi connectivity index (χ2v) is 4.95. The van der Waals surface area contributed by atoms with Crippen molar-refractivity contribution in [2.24, 2.45) is 5.92 Å². The van der Waals surface area contributed by atoms with Gasteiger partial charge in [-0.05, 0) is 39.8 Å². The van der Waals surface area contributed by atoms with Crippen molar-refractivity contribution in [3.05, 3.63) is 0 Å². The van der Waals surface area contributed by atoms with E-state index in [4.69, 9.17) is 10.00 Å². The lowest BCUT2D eigenvalue weighted by Gasteiger charge is -2.27. The molecular formula is C12H23N3O. The van der Waals surface area contributed by atoms with E-state index in [1.807, 2.05) is 21.0 Å². The number of hydrogen-bond donors (Lipinski definition) is 1. The van der Waals surface area contributed by atoms with Gasteiger partial charge in [0.05, 0.1) is 12.7 Å². The Morgan fingerprint density at radius 3 is 2.75 bits per heavy atom. The number of nitrogens with zero attached hydrogens (tertiary/aromatic N) is 2. The molecule has 1 atom stereocenters. The van der Waals surface area contributed by atoms with Gasteiger partial charge in [-0.3, -0.25) is 0 Å². The summed E-state index contributed by atoms with van der Waals surface area (Å²) in [5.74, 6) is 0.826. The molecule has 1 fully saturated rings. The molecule has 1 unspecified atom stereocenters. The molecule has 0 aliphatic heterocycles. The Labute approximate surface area is 98.6 Å². The van der Waals surface area contributed by atoms with Crippen LogP contribution in [0, 0.1) is 17.2 Å². The summed E-state index contributed by atoms with van der Waals surface area (Å²) in [6.07, 6.45) is 2.67. The Balaban J connectivity index is 2.09. The van der Waals surface area contributed by atoms with Crippen molar-refractivity contribution in [2.45, 2.75) is 25.3 Å². The van der Waals surface area contributed by atoms with Crippen LogP contribution in [-0.4, -0.2) is 50.8 Å². The lowest BCUT2D eigenvalue weighted by Crippen LogP contribution is -2.48. The van der Waals surface area contributed by atoms with Gasteiger partial charge < -0.3 is 15.0 Å². The molecule has 1 aliphatic rings. The molecule has 16 heavy (non-hydrogen) atoms. The first-order valence-electron chi connectivity index (χ1n) is 5.96. The minimum Gasteiger partial charge on any atom is -0.380 e. The van der Waals surface area contributed by atoms with E-state index in [1.54, 1.807) is 0 Å². The summed E-state index contributed by atoms with van der Waals surface area (Å²) >= 11 is 0. The number of hydrogen-bond acceptors (Lipinski definition) is 4. The van der Waals surface area contributed by atoms with Gasteiger partial charge >= 0.3 is 0 Å². The molecule has 92 valence electrons. The van der Waals surface area contributed by atoms with E-state index < -0.39 is 5.54 Å². The minimum absolute atomic E-state index is 0.467. The monoisotopic (exact) mass is 225 g/mol. The number of ether oxygens (including phenoxy) is 1. The Morgan fingerprint density at radius 1 is 1.56 bits per heavy atom. The fourth-order valence-electron chi connectivity index (χ4n) is 1.54. The first-order chi connectivity index (χ1) is 7.59. The summed E-state index contributed by atoms with van der Waals surface area (Å²) in [6.45, 7) is 5.18. The quantitative estimate of drug-likeness (QED) is 0.622. The summed E-state index contributed by atoms with van der Waals surface area (Å²) in [5, 5.41) is 12.1. The molecular weight excluding hydrogens is 202 g/mol. The number of nitriles is 1. The predicted octanol–water partition coefficient (Wildman–Crippen LogP) is 0.846. The van der Waals surface area contributed by atoms with Gasteiger partial charge in [0, 0.05) is 19.7 Å². The van der Waals surface area contributed by atoms with Gasteiger partial charge in [-0.25, -0.2) is 0 Å². The molecule has 0 aromatic rings. The molecule has 0 aromatic heterocycles. The van der Waals surface area contributed by atoms with Gasteiger partial charge in [0.15, 0.2) is 0 Å². The molecule has 0 saturated heterocycles. The van der Waals surface area contributed by atoms with E-state index in [9.17, 15) is 0 Å². The Hall–Kier alpha value is -0.630. The number of nitrogens with one attached hydrogen (secondary N) is 1. The molecule has 0 bridgehead atoms. The smallest absolute Gasteiger partial charge is 0.116 e. The highest BCUT2D eigenvalue weighted by molar-refractivity contribution is 5.04. The standard InChI is InChI=1S/C12H23N3O/c1-12(9-13,14-2)10-15(3)6-7-16-8-11-4-5-11/h11,14H,4-8,10H2,1-3H3. The summed E-state index contributed by atoms with van der Waals surface area (Å²) < 4.78 is 5.57. The zero-order valence-corrected chi connectivity index (χ0v) is 10.6. The molecule has 1 N–H and O–H groups in total. The fraction of sp³-hybridized carbons (Fsp3) is 0.917. The highest BCUT2D eigenvalue weighted by Crippen LogP contribution is 2.28. The summed E-state index contributed by atoms with van der Waals surface area (Å²) in [7, 11) is 3.84. The van der Waals surface area contributed by atoms with Crippen molar-refractivity contribution in [1.82, 2.24) is 10.2 Å². The van der Waals surface area contributed by atoms with Crippen molar-refractivity contribution in [2.75, 3.05) is 40.4 Å². The van der Waals surface area contributed by atoms with E-state index >= 15 is 0 Å². The van der Waals surface area contributed by atoms with E-state index in [0.29, 0.717) is 6.54 Å². The van der Waals surface area contributed by atoms with Crippen LogP contribution in [0.4, 0.5) is 0 Å². The van der Waals surface area contributed by atoms with Gasteiger partial charge in [-0.2, -0.15) is 5.26 Å². The van der Waals surface area contributed by atoms with Crippen molar-refractivity contribution in [1.29, 1.82) is 5.26 Å². The lowest BCUT2D eigenvalue weighted by molar-refractivity contribution is 0.0989. The third kappa shape index (κ3) is 4.93. The topological polar surface area (TPSA) is 48.3 Å². The van der Waals surface area contributed by atoms with Crippen LogP contribution in [0.2, 0.25) is 0 Å². The van der Waals surface area contributed by atoms with Crippen molar-refractivity contribution in [3.8, 4) is 6.07 Å². The lowest BCUT2D eigenvalue weighted by atomic mass is 10.1. The maximum atomic E-state index is 9.02. The molecule has 0 radical (unpaired) electrons. The zero-order valence-electron chi connectivity index (χ0n) is 10.6. The molecule has 1 saturated carbocycles. The molecule has 4 nitrogen and oxygen atoms in total. The largest absolute Gasteiger partial charge is 0.380 e. The minimum atomic E-state index is -0.467. The summed E-state index contributed by atoms with van der Waals surface area (Å²) in [5.41, 5.74) is -0.467. The van der Waals surface area contributed by atoms with Crippen LogP contribution in [0.1, 0.15) is 19.8 Å². The van der Waals surface area contributed by atoms with Gasteiger partial charge in [-0.15, -0.1) is 0 Å². The van der Waals surface area contributed by atoms with Crippen LogP contribution in [0.3, 0.4) is 0 Å². The van der Waals surface area contributed by atoms with Crippen molar-refractivity contribution in [3.63, 3.8) is 0 Å². The number of rotatable bonds is 8. The zero-order chi connectivity index (χ0) is 12.0. The van der Waals surface area contributed by atoms with E-state index in [0.717, 1.165) is 25.7 Å². The van der Waals surface area contributed by atoms with Gasteiger partial charge in [0.2, 0.25) is 0 Å². The second kappa shape index (κ2) is 6.19. The molecule has 4 heteroatoms. The fourth-order valence-corrected chi connectivity index (χ4v) is 1.54. The molecule has 1 rings (SSSR count). The average Bonchev–Trinajstić information content (AvgIpc) is 3.08. The maximum absolute atomic E-state index is 9.02. The van der Waals surface area contributed by atoms with Gasteiger partial charge in [0.1, 0.15) is 5.54 Å². The van der Waals surface area contributed by atoms with Gasteiger partial charge in [-0.1, -0.05) is 0 Å². The average molecular weight is 225 g/mol. The molecule has 0 spiro atoms. The van der Waals surface area contributed by atoms with E-state index in [-0.39, 0.29) is 0 Å². The predicted molar refractivity (Wildman–Crippen MR) is 64.1 cm³/mol. The van der Waals surface area contributed by atoms with Crippen LogP contribution in [0.15, 0.2) is 0 Å². The number of likely N-dealkylation sites (N-methyl/N-ethyl adjacent to an activating group) is 2. The van der Waals surface area contributed by atoms with Crippen LogP contribution < -0.4 is 5.32 Å². The van der Waals surface area contributed by atoms with Crippen molar-refractivity contribution < 1.29 is 4.74 Å². The highest BCUT2D eigenvalue weighted by atomic mass is 16.5. The first-order valence-corrected chi connectivity index (χ1v) is 5.96. The van der Waals surface area contributed by atoms with Crippen LogP contribution in [0.5, 0.6) is 0 Å². The van der Waals surface area contributed by atoms with Crippen molar-refractivity contribution >= 4 is 0 Å². The molecule has 0 heterocycles. The Morgan fingerprint density at radius 2 is 2.25 bits per heavy atom. The van der Waals surface area contributed by atoms with Crippen LogP contribution in [0.25, 0.3) is 0 Å². The SMILES string of the molecule is CNC(C)(C#N)CN(C)CCOCC1CC1. The Bertz CT molecular complexity index is 247. The third-order valence-electron chi connectivity index (χ3n) is 3.05. The van der Waals surface area contributed by atoms with E-state index in [2.05, 4.69) is 16.3 Å². The van der Waals surface area contributed by atoms with Crippen LogP contribution in [-0.2, 0) is 4.74 Å². The highest BCUT2D eigenvalue weighted by Gasteiger charge is 2.23. The summed E-state index contributed by atoms with van der Waals surface area (Å²) in [6, 6.07) is 2.28. The second-order valence-electron chi connectivity index (χ2n) is 4.95. The third-order valence-corrected chi connectivity index (χ3v) is 3.05. The maximum Gasteiger partial charge on any atom is 0.116 e. The summed E-state index contributed by atoms with van der Waals surface area (Å²) in [4.78, 5) is 2.13.